The maximum absolute atomic E-state index is 5.76. The smallest absolute Gasteiger partial charge is 0.214 e. The van der Waals surface area contributed by atoms with Crippen LogP contribution in [0.4, 0.5) is 0 Å². The van der Waals surface area contributed by atoms with Gasteiger partial charge in [-0.25, -0.2) is 8.58 Å². The van der Waals surface area contributed by atoms with Crippen LogP contribution in [0, 0.1) is 0 Å². The molecule has 4 heteroatoms. The molecule has 0 aliphatic rings. The molecule has 2 rings (SSSR count). The standard InChI is InChI=1S/C7H4BrClN2/c8-11-6-4-2-1-3-5(6)10-7(11)9/h1-4H. The quantitative estimate of drug-likeness (QED) is 0.682. The highest BCUT2D eigenvalue weighted by Gasteiger charge is 2.03. The van der Waals surface area contributed by atoms with Crippen molar-refractivity contribution >= 4 is 38.8 Å². The lowest BCUT2D eigenvalue weighted by Crippen LogP contribution is -1.75. The second kappa shape index (κ2) is 2.50. The molecule has 1 aromatic carbocycles. The molecule has 1 aromatic heterocycles. The molecule has 0 unspecified atom stereocenters. The van der Waals surface area contributed by atoms with Gasteiger partial charge in [-0.3, -0.25) is 0 Å². The summed E-state index contributed by atoms with van der Waals surface area (Å²) in [6.07, 6.45) is 0. The topological polar surface area (TPSA) is 17.8 Å². The molecule has 0 bridgehead atoms. The van der Waals surface area contributed by atoms with Crippen molar-refractivity contribution < 1.29 is 0 Å². The van der Waals surface area contributed by atoms with Gasteiger partial charge in [0.05, 0.1) is 27.2 Å². The molecule has 2 nitrogen and oxygen atoms in total. The summed E-state index contributed by atoms with van der Waals surface area (Å²) in [6.45, 7) is 0. The van der Waals surface area contributed by atoms with Crippen molar-refractivity contribution in [2.24, 2.45) is 0 Å². The molecule has 0 amide bonds. The molecule has 0 aliphatic heterocycles. The van der Waals surface area contributed by atoms with E-state index in [1.165, 1.54) is 0 Å². The second-order valence-corrected chi connectivity index (χ2v) is 3.20. The van der Waals surface area contributed by atoms with Crippen LogP contribution in [-0.4, -0.2) is 8.58 Å². The van der Waals surface area contributed by atoms with Crippen LogP contribution < -0.4 is 0 Å². The van der Waals surface area contributed by atoms with Crippen LogP contribution in [0.15, 0.2) is 24.3 Å². The van der Waals surface area contributed by atoms with E-state index >= 15 is 0 Å². The van der Waals surface area contributed by atoms with E-state index in [9.17, 15) is 0 Å². The third-order valence-electron chi connectivity index (χ3n) is 1.47. The van der Waals surface area contributed by atoms with Crippen molar-refractivity contribution in [3.8, 4) is 0 Å². The maximum atomic E-state index is 5.76. The normalized spacial score (nSPS) is 10.7. The van der Waals surface area contributed by atoms with E-state index in [4.69, 9.17) is 11.6 Å². The van der Waals surface area contributed by atoms with Gasteiger partial charge in [-0.1, -0.05) is 12.1 Å². The average molecular weight is 231 g/mol. The number of benzene rings is 1. The van der Waals surface area contributed by atoms with Gasteiger partial charge >= 0.3 is 0 Å². The lowest BCUT2D eigenvalue weighted by Gasteiger charge is -1.89. The first-order valence-corrected chi connectivity index (χ1v) is 4.17. The van der Waals surface area contributed by atoms with E-state index in [0.717, 1.165) is 11.0 Å². The number of aromatic nitrogens is 2. The van der Waals surface area contributed by atoms with E-state index in [-0.39, 0.29) is 0 Å². The summed E-state index contributed by atoms with van der Waals surface area (Å²) in [5.74, 6) is 0. The van der Waals surface area contributed by atoms with Crippen LogP contribution >= 0.6 is 27.7 Å². The largest absolute Gasteiger partial charge is 0.248 e. The van der Waals surface area contributed by atoms with E-state index in [0.29, 0.717) is 5.28 Å². The Balaban J connectivity index is 2.92. The Morgan fingerprint density at radius 3 is 2.82 bits per heavy atom. The molecule has 0 saturated carbocycles. The van der Waals surface area contributed by atoms with Crippen molar-refractivity contribution in [2.75, 3.05) is 0 Å². The van der Waals surface area contributed by atoms with Crippen LogP contribution in [0.3, 0.4) is 0 Å². The fraction of sp³-hybridized carbons (Fsp3) is 0. The third-order valence-corrected chi connectivity index (χ3v) is 2.64. The van der Waals surface area contributed by atoms with Gasteiger partial charge in [0.1, 0.15) is 0 Å². The molecular formula is C7H4BrClN2. The summed E-state index contributed by atoms with van der Waals surface area (Å²) in [5.41, 5.74) is 1.88. The maximum Gasteiger partial charge on any atom is 0.214 e. The molecule has 0 radical (unpaired) electrons. The number of hydrogen-bond acceptors (Lipinski definition) is 1. The minimum absolute atomic E-state index is 0.450. The van der Waals surface area contributed by atoms with Crippen molar-refractivity contribution in [1.29, 1.82) is 0 Å². The number of hydrogen-bond donors (Lipinski definition) is 0. The molecule has 0 spiro atoms. The number of fused-ring (bicyclic) bond motifs is 1. The van der Waals surface area contributed by atoms with Crippen LogP contribution in [0.1, 0.15) is 0 Å². The molecule has 0 fully saturated rings. The highest BCUT2D eigenvalue weighted by Crippen LogP contribution is 2.20. The minimum Gasteiger partial charge on any atom is -0.248 e. The first-order valence-electron chi connectivity index (χ1n) is 3.08. The number of rotatable bonds is 0. The second-order valence-electron chi connectivity index (χ2n) is 2.15. The summed E-state index contributed by atoms with van der Waals surface area (Å²) in [6, 6.07) is 7.73. The van der Waals surface area contributed by atoms with Crippen molar-refractivity contribution in [3.63, 3.8) is 0 Å². The number of imidazole rings is 1. The zero-order valence-electron chi connectivity index (χ0n) is 5.46. The Kier molecular flexibility index (Phi) is 1.62. The molecule has 0 atom stereocenters. The van der Waals surface area contributed by atoms with E-state index in [1.807, 2.05) is 24.3 Å². The van der Waals surface area contributed by atoms with Crippen LogP contribution in [-0.2, 0) is 0 Å². The molecule has 0 saturated heterocycles. The molecule has 0 N–H and O–H groups in total. The molecule has 0 aliphatic carbocycles. The van der Waals surface area contributed by atoms with Crippen molar-refractivity contribution in [1.82, 2.24) is 8.58 Å². The predicted octanol–water partition coefficient (Wildman–Crippen LogP) is 2.85. The fourth-order valence-corrected chi connectivity index (χ4v) is 1.53. The van der Waals surface area contributed by atoms with Gasteiger partial charge in [-0.2, -0.15) is 0 Å². The van der Waals surface area contributed by atoms with Crippen LogP contribution in [0.2, 0.25) is 5.28 Å². The number of nitrogens with zero attached hydrogens (tertiary/aromatic N) is 2. The van der Waals surface area contributed by atoms with E-state index in [2.05, 4.69) is 21.1 Å². The Hall–Kier alpha value is -0.540. The lowest BCUT2D eigenvalue weighted by molar-refractivity contribution is 1.29. The van der Waals surface area contributed by atoms with Gasteiger partial charge in [-0.15, -0.1) is 0 Å². The third kappa shape index (κ3) is 1.04. The zero-order valence-corrected chi connectivity index (χ0v) is 7.80. The van der Waals surface area contributed by atoms with Gasteiger partial charge in [0.2, 0.25) is 5.28 Å². The van der Waals surface area contributed by atoms with Gasteiger partial charge < -0.3 is 0 Å². The zero-order chi connectivity index (χ0) is 7.84. The lowest BCUT2D eigenvalue weighted by atomic mass is 10.3. The molecule has 1 heterocycles. The highest BCUT2D eigenvalue weighted by molar-refractivity contribution is 9.08. The Labute approximate surface area is 77.1 Å². The van der Waals surface area contributed by atoms with Gasteiger partial charge in [0.25, 0.3) is 0 Å². The monoisotopic (exact) mass is 230 g/mol. The minimum atomic E-state index is 0.450. The molecule has 2 aromatic rings. The summed E-state index contributed by atoms with van der Waals surface area (Å²) in [4.78, 5) is 4.09. The Bertz CT molecular complexity index is 396. The van der Waals surface area contributed by atoms with E-state index < -0.39 is 0 Å². The molecule has 11 heavy (non-hydrogen) atoms. The fourth-order valence-electron chi connectivity index (χ4n) is 0.967. The van der Waals surface area contributed by atoms with Gasteiger partial charge in [0.15, 0.2) is 0 Å². The number of halogens is 2. The van der Waals surface area contributed by atoms with E-state index in [1.54, 1.807) is 3.59 Å². The SMILES string of the molecule is Clc1nc2ccccc2n1Br. The predicted molar refractivity (Wildman–Crippen MR) is 49.1 cm³/mol. The van der Waals surface area contributed by atoms with Gasteiger partial charge in [0, 0.05) is 0 Å². The highest BCUT2D eigenvalue weighted by atomic mass is 79.9. The summed E-state index contributed by atoms with van der Waals surface area (Å²) in [5, 5.41) is 0.450. The first-order chi connectivity index (χ1) is 5.29. The first kappa shape index (κ1) is 7.13. The molecular weight excluding hydrogens is 227 g/mol. The van der Waals surface area contributed by atoms with Crippen molar-refractivity contribution in [3.05, 3.63) is 29.5 Å². The number of para-hydroxylation sites is 2. The van der Waals surface area contributed by atoms with Gasteiger partial charge in [-0.05, 0) is 23.7 Å². The van der Waals surface area contributed by atoms with Crippen LogP contribution in [0.5, 0.6) is 0 Å². The van der Waals surface area contributed by atoms with Crippen LogP contribution in [0.25, 0.3) is 11.0 Å². The summed E-state index contributed by atoms with van der Waals surface area (Å²) >= 11 is 9.03. The van der Waals surface area contributed by atoms with Crippen molar-refractivity contribution in [2.45, 2.75) is 0 Å². The summed E-state index contributed by atoms with van der Waals surface area (Å²) < 4.78 is 1.67. The Morgan fingerprint density at radius 1 is 1.36 bits per heavy atom. The Morgan fingerprint density at radius 2 is 2.09 bits per heavy atom. The summed E-state index contributed by atoms with van der Waals surface area (Å²) in [7, 11) is 0. The average Bonchev–Trinajstić information content (AvgIpc) is 2.30. The molecule has 56 valence electrons.